The number of halogens is 3. The molecule has 0 atom stereocenters. The molecule has 0 bridgehead atoms. The second kappa shape index (κ2) is 5.01. The molecule has 0 aliphatic carbocycles. The maximum absolute atomic E-state index is 13.3. The van der Waals surface area contributed by atoms with Crippen LogP contribution in [0.3, 0.4) is 0 Å². The van der Waals surface area contributed by atoms with Crippen molar-refractivity contribution in [3.8, 4) is 0 Å². The van der Waals surface area contributed by atoms with E-state index in [1.807, 2.05) is 0 Å². The van der Waals surface area contributed by atoms with Crippen molar-refractivity contribution < 1.29 is 18.0 Å². The molecule has 0 radical (unpaired) electrons. The van der Waals surface area contributed by atoms with Crippen LogP contribution in [-0.2, 0) is 0 Å². The van der Waals surface area contributed by atoms with Gasteiger partial charge in [-0.2, -0.15) is 0 Å². The Balaban J connectivity index is 2.30. The van der Waals surface area contributed by atoms with Crippen LogP contribution in [0.1, 0.15) is 10.4 Å². The first-order chi connectivity index (χ1) is 8.97. The first-order valence-electron chi connectivity index (χ1n) is 5.29. The second-order valence-electron chi connectivity index (χ2n) is 3.81. The standard InChI is InChI=1S/C13H9F3N2O/c14-7-2-4-11(17)9(5-7)13(19)18-12-6-8(15)1-3-10(12)16/h1-6H,17H2,(H,18,19). The van der Waals surface area contributed by atoms with Gasteiger partial charge in [0.05, 0.1) is 11.3 Å². The number of benzene rings is 2. The number of anilines is 2. The van der Waals surface area contributed by atoms with Gasteiger partial charge in [0.15, 0.2) is 0 Å². The predicted molar refractivity (Wildman–Crippen MR) is 65.1 cm³/mol. The zero-order valence-electron chi connectivity index (χ0n) is 9.58. The summed E-state index contributed by atoms with van der Waals surface area (Å²) in [4.78, 5) is 11.8. The highest BCUT2D eigenvalue weighted by Gasteiger charge is 2.13. The molecule has 0 saturated heterocycles. The molecule has 3 N–H and O–H groups in total. The molecule has 2 rings (SSSR count). The zero-order valence-corrected chi connectivity index (χ0v) is 9.58. The van der Waals surface area contributed by atoms with Gasteiger partial charge >= 0.3 is 0 Å². The fourth-order valence-electron chi connectivity index (χ4n) is 1.51. The lowest BCUT2D eigenvalue weighted by Crippen LogP contribution is -2.15. The minimum Gasteiger partial charge on any atom is -0.398 e. The van der Waals surface area contributed by atoms with Gasteiger partial charge in [-0.1, -0.05) is 0 Å². The van der Waals surface area contributed by atoms with Gasteiger partial charge in [-0.25, -0.2) is 13.2 Å². The minimum absolute atomic E-state index is 0.0377. The highest BCUT2D eigenvalue weighted by atomic mass is 19.1. The maximum Gasteiger partial charge on any atom is 0.257 e. The molecule has 2 aromatic rings. The van der Waals surface area contributed by atoms with Gasteiger partial charge in [-0.15, -0.1) is 0 Å². The molecule has 0 saturated carbocycles. The van der Waals surface area contributed by atoms with E-state index in [0.717, 1.165) is 30.3 Å². The van der Waals surface area contributed by atoms with E-state index in [4.69, 9.17) is 5.73 Å². The molecular weight excluding hydrogens is 257 g/mol. The highest BCUT2D eigenvalue weighted by molar-refractivity contribution is 6.07. The third-order valence-corrected chi connectivity index (χ3v) is 2.44. The van der Waals surface area contributed by atoms with Crippen LogP contribution >= 0.6 is 0 Å². The molecule has 19 heavy (non-hydrogen) atoms. The Morgan fingerprint density at radius 3 is 2.37 bits per heavy atom. The molecule has 1 amide bonds. The Bertz CT molecular complexity index is 644. The maximum atomic E-state index is 13.3. The van der Waals surface area contributed by atoms with Gasteiger partial charge in [0.25, 0.3) is 5.91 Å². The summed E-state index contributed by atoms with van der Waals surface area (Å²) in [7, 11) is 0. The molecule has 0 fully saturated rings. The lowest BCUT2D eigenvalue weighted by molar-refractivity contribution is 0.102. The summed E-state index contributed by atoms with van der Waals surface area (Å²) in [6, 6.07) is 5.84. The molecule has 0 heterocycles. The van der Waals surface area contributed by atoms with Crippen molar-refractivity contribution in [3.05, 3.63) is 59.4 Å². The van der Waals surface area contributed by atoms with Gasteiger partial charge in [-0.05, 0) is 30.3 Å². The molecule has 0 spiro atoms. The smallest absolute Gasteiger partial charge is 0.257 e. The van der Waals surface area contributed by atoms with Crippen molar-refractivity contribution >= 4 is 17.3 Å². The molecule has 0 unspecified atom stereocenters. The van der Waals surface area contributed by atoms with E-state index in [-0.39, 0.29) is 16.9 Å². The van der Waals surface area contributed by atoms with E-state index < -0.39 is 23.4 Å². The van der Waals surface area contributed by atoms with Crippen molar-refractivity contribution in [2.24, 2.45) is 0 Å². The first kappa shape index (κ1) is 12.9. The van der Waals surface area contributed by atoms with E-state index in [1.54, 1.807) is 0 Å². The predicted octanol–water partition coefficient (Wildman–Crippen LogP) is 2.94. The van der Waals surface area contributed by atoms with Gasteiger partial charge in [-0.3, -0.25) is 4.79 Å². The third kappa shape index (κ3) is 2.85. The molecule has 6 heteroatoms. The van der Waals surface area contributed by atoms with Gasteiger partial charge in [0.2, 0.25) is 0 Å². The van der Waals surface area contributed by atoms with Crippen LogP contribution in [0, 0.1) is 17.5 Å². The van der Waals surface area contributed by atoms with E-state index >= 15 is 0 Å². The molecule has 0 aliphatic rings. The average Bonchev–Trinajstić information content (AvgIpc) is 2.36. The van der Waals surface area contributed by atoms with Crippen molar-refractivity contribution in [1.82, 2.24) is 0 Å². The van der Waals surface area contributed by atoms with Crippen molar-refractivity contribution in [2.45, 2.75) is 0 Å². The summed E-state index contributed by atoms with van der Waals surface area (Å²) in [5.41, 5.74) is 5.07. The minimum atomic E-state index is -0.818. The van der Waals surface area contributed by atoms with Crippen molar-refractivity contribution in [2.75, 3.05) is 11.1 Å². The summed E-state index contributed by atoms with van der Waals surface area (Å²) in [5.74, 6) is -2.98. The molecule has 3 nitrogen and oxygen atoms in total. The van der Waals surface area contributed by atoms with E-state index in [1.165, 1.54) is 6.07 Å². The number of nitrogens with one attached hydrogen (secondary N) is 1. The number of rotatable bonds is 2. The fraction of sp³-hybridized carbons (Fsp3) is 0. The summed E-state index contributed by atoms with van der Waals surface area (Å²) in [6.45, 7) is 0. The molecule has 0 aliphatic heterocycles. The number of nitrogens with two attached hydrogens (primary N) is 1. The van der Waals surface area contributed by atoms with Gasteiger partial charge in [0.1, 0.15) is 17.5 Å². The largest absolute Gasteiger partial charge is 0.398 e. The van der Waals surface area contributed by atoms with Crippen LogP contribution < -0.4 is 11.1 Å². The average molecular weight is 266 g/mol. The summed E-state index contributed by atoms with van der Waals surface area (Å²) in [6.07, 6.45) is 0. The number of nitrogen functional groups attached to an aromatic ring is 1. The summed E-state index contributed by atoms with van der Waals surface area (Å²) >= 11 is 0. The summed E-state index contributed by atoms with van der Waals surface area (Å²) in [5, 5.41) is 2.13. The van der Waals surface area contributed by atoms with Crippen LogP contribution in [-0.4, -0.2) is 5.91 Å². The van der Waals surface area contributed by atoms with Gasteiger partial charge < -0.3 is 11.1 Å². The Kier molecular flexibility index (Phi) is 3.41. The van der Waals surface area contributed by atoms with Crippen molar-refractivity contribution in [3.63, 3.8) is 0 Å². The Morgan fingerprint density at radius 1 is 1.00 bits per heavy atom. The third-order valence-electron chi connectivity index (χ3n) is 2.44. The Hall–Kier alpha value is -2.50. The van der Waals surface area contributed by atoms with E-state index in [9.17, 15) is 18.0 Å². The molecule has 2 aromatic carbocycles. The lowest BCUT2D eigenvalue weighted by atomic mass is 10.1. The zero-order chi connectivity index (χ0) is 14.0. The first-order valence-corrected chi connectivity index (χ1v) is 5.29. The molecule has 0 aromatic heterocycles. The number of amides is 1. The molecule has 98 valence electrons. The normalized spacial score (nSPS) is 10.3. The van der Waals surface area contributed by atoms with Crippen LogP contribution in [0.4, 0.5) is 24.5 Å². The Labute approximate surface area is 106 Å². The van der Waals surface area contributed by atoms with E-state index in [2.05, 4.69) is 5.32 Å². The topological polar surface area (TPSA) is 55.1 Å². The Morgan fingerprint density at radius 2 is 1.63 bits per heavy atom. The van der Waals surface area contributed by atoms with Crippen LogP contribution in [0.5, 0.6) is 0 Å². The van der Waals surface area contributed by atoms with Crippen LogP contribution in [0.25, 0.3) is 0 Å². The van der Waals surface area contributed by atoms with E-state index in [0.29, 0.717) is 0 Å². The van der Waals surface area contributed by atoms with Crippen LogP contribution in [0.15, 0.2) is 36.4 Å². The summed E-state index contributed by atoms with van der Waals surface area (Å²) < 4.78 is 39.3. The highest BCUT2D eigenvalue weighted by Crippen LogP contribution is 2.19. The quantitative estimate of drug-likeness (QED) is 0.821. The fourth-order valence-corrected chi connectivity index (χ4v) is 1.51. The molecular formula is C13H9F3N2O. The van der Waals surface area contributed by atoms with Crippen molar-refractivity contribution in [1.29, 1.82) is 0 Å². The second-order valence-corrected chi connectivity index (χ2v) is 3.81. The van der Waals surface area contributed by atoms with Crippen LogP contribution in [0.2, 0.25) is 0 Å². The number of hydrogen-bond acceptors (Lipinski definition) is 2. The monoisotopic (exact) mass is 266 g/mol. The SMILES string of the molecule is Nc1ccc(F)cc1C(=O)Nc1cc(F)ccc1F. The van der Waals surface area contributed by atoms with Gasteiger partial charge in [0, 0.05) is 11.8 Å². The number of carbonyl (C=O) groups is 1. The number of carbonyl (C=O) groups excluding carboxylic acids is 1. The lowest BCUT2D eigenvalue weighted by Gasteiger charge is -2.08. The number of hydrogen-bond donors (Lipinski definition) is 2.